The molecule has 1 atom stereocenters. The van der Waals surface area contributed by atoms with Crippen molar-refractivity contribution in [2.24, 2.45) is 0 Å². The highest BCUT2D eigenvalue weighted by molar-refractivity contribution is 8.76. The van der Waals surface area contributed by atoms with Crippen LogP contribution in [0, 0.1) is 0 Å². The molecule has 0 bridgehead atoms. The minimum absolute atomic E-state index is 0.146. The third-order valence-corrected chi connectivity index (χ3v) is 14.4. The average molecular weight is 820 g/mol. The highest BCUT2D eigenvalue weighted by Gasteiger charge is 2.29. The van der Waals surface area contributed by atoms with E-state index in [9.17, 15) is 10.2 Å². The van der Waals surface area contributed by atoms with E-state index >= 15 is 0 Å². The van der Waals surface area contributed by atoms with Crippen molar-refractivity contribution in [3.05, 3.63) is 12.2 Å². The van der Waals surface area contributed by atoms with Crippen molar-refractivity contribution in [3.63, 3.8) is 0 Å². The summed E-state index contributed by atoms with van der Waals surface area (Å²) in [5.41, 5.74) is 0. The van der Waals surface area contributed by atoms with Crippen LogP contribution in [0.5, 0.6) is 0 Å². The number of allylic oxidation sites excluding steroid dienone is 2. The number of hydrogen-bond donors (Lipinski definition) is 2. The highest BCUT2D eigenvalue weighted by atomic mass is 33.1. The molecule has 0 amide bonds. The van der Waals surface area contributed by atoms with E-state index in [2.05, 4.69) is 44.0 Å². The summed E-state index contributed by atoms with van der Waals surface area (Å²) >= 11 is 0. The summed E-state index contributed by atoms with van der Waals surface area (Å²) in [5.74, 6) is 2.29. The van der Waals surface area contributed by atoms with Gasteiger partial charge >= 0.3 is 8.56 Å². The van der Waals surface area contributed by atoms with E-state index in [0.29, 0.717) is 13.1 Å². The molecule has 9 heteroatoms. The molecule has 0 radical (unpaired) electrons. The molecular weight excluding hydrogens is 727 g/mol. The van der Waals surface area contributed by atoms with E-state index in [-0.39, 0.29) is 19.5 Å². The van der Waals surface area contributed by atoms with Crippen molar-refractivity contribution in [1.82, 2.24) is 4.90 Å². The fourth-order valence-electron chi connectivity index (χ4n) is 6.73. The molecule has 6 nitrogen and oxygen atoms in total. The molecule has 0 rings (SSSR count). The molecule has 0 aliphatic rings. The van der Waals surface area contributed by atoms with Gasteiger partial charge in [-0.05, 0) is 71.0 Å². The van der Waals surface area contributed by atoms with Crippen LogP contribution >= 0.6 is 21.6 Å². The largest absolute Gasteiger partial charge is 0.395 e. The molecule has 54 heavy (non-hydrogen) atoms. The Kier molecular flexibility index (Phi) is 44.9. The zero-order valence-corrected chi connectivity index (χ0v) is 39.1. The quantitative estimate of drug-likeness (QED) is 0.0207. The average Bonchev–Trinajstić information content (AvgIpc) is 3.15. The van der Waals surface area contributed by atoms with Crippen LogP contribution in [-0.2, 0) is 13.6 Å². The van der Waals surface area contributed by atoms with Crippen LogP contribution in [0.1, 0.15) is 200 Å². The van der Waals surface area contributed by atoms with Crippen molar-refractivity contribution in [2.75, 3.05) is 57.6 Å². The van der Waals surface area contributed by atoms with E-state index < -0.39 is 8.56 Å². The van der Waals surface area contributed by atoms with Gasteiger partial charge in [-0.2, -0.15) is 0 Å². The smallest absolute Gasteiger partial charge is 0.333 e. The predicted octanol–water partition coefficient (Wildman–Crippen LogP) is 13.6. The van der Waals surface area contributed by atoms with E-state index in [1.54, 1.807) is 0 Å². The second kappa shape index (κ2) is 44.5. The van der Waals surface area contributed by atoms with E-state index in [0.717, 1.165) is 64.0 Å². The highest BCUT2D eigenvalue weighted by Crippen LogP contribution is 2.26. The van der Waals surface area contributed by atoms with Crippen LogP contribution in [0.25, 0.3) is 0 Å². The fraction of sp³-hybridized carbons (Fsp3) is 0.956. The maximum Gasteiger partial charge on any atom is 0.333 e. The first-order chi connectivity index (χ1) is 26.5. The Balaban J connectivity index is 4.30. The number of nitrogens with zero attached hydrogens (tertiary/aromatic N) is 1. The molecule has 0 fully saturated rings. The molecule has 0 heterocycles. The SMILES string of the molecule is CCCCCCCC/C=C\CCCCCCCCOC(CCSSCCCCCCCCCCCC)O[Si](C)(C)OCCCCCCN(CCO)CCO. The van der Waals surface area contributed by atoms with Gasteiger partial charge < -0.3 is 23.8 Å². The lowest BCUT2D eigenvalue weighted by Crippen LogP contribution is -2.40. The molecule has 0 aliphatic heterocycles. The first kappa shape index (κ1) is 54.4. The van der Waals surface area contributed by atoms with Crippen LogP contribution in [0.2, 0.25) is 13.1 Å². The van der Waals surface area contributed by atoms with Gasteiger partial charge in [-0.1, -0.05) is 176 Å². The molecule has 0 saturated heterocycles. The standard InChI is InChI=1S/C45H93NO5S2Si/c1-5-7-9-11-13-15-17-18-19-20-21-22-23-25-28-32-41-49-45(35-44-53-52-43-34-30-26-24-16-14-12-10-8-6-2)51-54(3,4)50-42-33-29-27-31-36-46(37-39-47)38-40-48/h18-19,45,47-48H,5-17,20-44H2,1-4H3/b19-18-. The summed E-state index contributed by atoms with van der Waals surface area (Å²) in [7, 11) is 1.71. The number of unbranched alkanes of at least 4 members (excludes halogenated alkanes) is 24. The number of aliphatic hydroxyl groups excluding tert-OH is 2. The molecule has 0 aromatic rings. The molecule has 1 unspecified atom stereocenters. The predicted molar refractivity (Wildman–Crippen MR) is 244 cm³/mol. The molecule has 0 saturated carbocycles. The number of hydrogen-bond acceptors (Lipinski definition) is 8. The summed E-state index contributed by atoms with van der Waals surface area (Å²) in [6.45, 7) is 12.9. The first-order valence-corrected chi connectivity index (χ1v) is 28.6. The van der Waals surface area contributed by atoms with Crippen LogP contribution in [0.3, 0.4) is 0 Å². The lowest BCUT2D eigenvalue weighted by Gasteiger charge is -2.29. The minimum atomic E-state index is -2.30. The number of aliphatic hydroxyl groups is 2. The zero-order valence-electron chi connectivity index (χ0n) is 36.5. The van der Waals surface area contributed by atoms with Crippen molar-refractivity contribution in [3.8, 4) is 0 Å². The Bertz CT molecular complexity index is 745. The Hall–Kier alpha value is 0.417. The normalized spacial score (nSPS) is 12.9. The Morgan fingerprint density at radius 3 is 1.50 bits per heavy atom. The Morgan fingerprint density at radius 2 is 0.963 bits per heavy atom. The summed E-state index contributed by atoms with van der Waals surface area (Å²) in [5, 5.41) is 18.4. The Morgan fingerprint density at radius 1 is 0.519 bits per heavy atom. The third kappa shape index (κ3) is 42.0. The van der Waals surface area contributed by atoms with Gasteiger partial charge in [0.15, 0.2) is 0 Å². The monoisotopic (exact) mass is 820 g/mol. The molecule has 0 spiro atoms. The van der Waals surface area contributed by atoms with Gasteiger partial charge in [0, 0.05) is 44.2 Å². The lowest BCUT2D eigenvalue weighted by molar-refractivity contribution is -0.0997. The van der Waals surface area contributed by atoms with Crippen LogP contribution < -0.4 is 0 Å². The topological polar surface area (TPSA) is 71.4 Å². The molecule has 0 aromatic heterocycles. The zero-order chi connectivity index (χ0) is 39.5. The molecule has 2 N–H and O–H groups in total. The summed E-state index contributed by atoms with van der Waals surface area (Å²) in [6, 6.07) is 0. The van der Waals surface area contributed by atoms with Crippen molar-refractivity contribution in [2.45, 2.75) is 219 Å². The first-order valence-electron chi connectivity index (χ1n) is 23.3. The molecular formula is C45H93NO5S2Si. The van der Waals surface area contributed by atoms with Gasteiger partial charge in [-0.25, -0.2) is 0 Å². The summed E-state index contributed by atoms with van der Waals surface area (Å²) in [4.78, 5) is 2.13. The fourth-order valence-corrected chi connectivity index (χ4v) is 10.4. The Labute approximate surface area is 346 Å². The second-order valence-electron chi connectivity index (χ2n) is 15.9. The van der Waals surface area contributed by atoms with Gasteiger partial charge in [-0.15, -0.1) is 0 Å². The molecule has 0 aromatic carbocycles. The van der Waals surface area contributed by atoms with Crippen molar-refractivity contribution >= 4 is 30.1 Å². The van der Waals surface area contributed by atoms with Gasteiger partial charge in [0.2, 0.25) is 0 Å². The number of ether oxygens (including phenoxy) is 1. The van der Waals surface area contributed by atoms with Crippen molar-refractivity contribution < 1.29 is 23.8 Å². The maximum atomic E-state index is 9.22. The van der Waals surface area contributed by atoms with E-state index in [1.807, 2.05) is 21.6 Å². The summed E-state index contributed by atoms with van der Waals surface area (Å²) in [6.07, 6.45) is 42.3. The van der Waals surface area contributed by atoms with Crippen LogP contribution in [0.15, 0.2) is 12.2 Å². The van der Waals surface area contributed by atoms with E-state index in [1.165, 1.54) is 153 Å². The van der Waals surface area contributed by atoms with Crippen LogP contribution in [0.4, 0.5) is 0 Å². The second-order valence-corrected chi connectivity index (χ2v) is 21.9. The van der Waals surface area contributed by atoms with Gasteiger partial charge in [0.05, 0.1) is 13.2 Å². The minimum Gasteiger partial charge on any atom is -0.395 e. The van der Waals surface area contributed by atoms with Gasteiger partial charge in [0.1, 0.15) is 6.29 Å². The lowest BCUT2D eigenvalue weighted by atomic mass is 10.1. The van der Waals surface area contributed by atoms with Crippen LogP contribution in [-0.4, -0.2) is 87.5 Å². The third-order valence-electron chi connectivity index (χ3n) is 10.1. The van der Waals surface area contributed by atoms with Gasteiger partial charge in [-0.3, -0.25) is 4.90 Å². The maximum absolute atomic E-state index is 9.22. The van der Waals surface area contributed by atoms with E-state index in [4.69, 9.17) is 13.6 Å². The van der Waals surface area contributed by atoms with Gasteiger partial charge in [0.25, 0.3) is 0 Å². The van der Waals surface area contributed by atoms with Crippen molar-refractivity contribution in [1.29, 1.82) is 0 Å². The molecule has 0 aliphatic carbocycles. The number of rotatable bonds is 46. The summed E-state index contributed by atoms with van der Waals surface area (Å²) < 4.78 is 19.4. The molecule has 324 valence electrons.